The van der Waals surface area contributed by atoms with Crippen LogP contribution in [0.5, 0.6) is 0 Å². The van der Waals surface area contributed by atoms with Gasteiger partial charge >= 0.3 is 0 Å². The van der Waals surface area contributed by atoms with Crippen LogP contribution in [0.1, 0.15) is 0 Å². The molecule has 0 aliphatic rings. The summed E-state index contributed by atoms with van der Waals surface area (Å²) in [5, 5.41) is 4.26. The van der Waals surface area contributed by atoms with E-state index >= 15 is 0 Å². The molecule has 2 aromatic rings. The molecule has 0 aliphatic carbocycles. The molecule has 0 saturated heterocycles. The number of anilines is 1. The minimum absolute atomic E-state index is 0.00680. The third-order valence-corrected chi connectivity index (χ3v) is 3.33. The van der Waals surface area contributed by atoms with Gasteiger partial charge in [-0.05, 0) is 12.1 Å². The van der Waals surface area contributed by atoms with Gasteiger partial charge in [0.25, 0.3) is 0 Å². The maximum absolute atomic E-state index is 11.1. The van der Waals surface area contributed by atoms with Crippen LogP contribution in [0.3, 0.4) is 0 Å². The van der Waals surface area contributed by atoms with Gasteiger partial charge in [-0.2, -0.15) is 0 Å². The highest BCUT2D eigenvalue weighted by molar-refractivity contribution is 7.72. The highest BCUT2D eigenvalue weighted by Gasteiger charge is 2.06. The van der Waals surface area contributed by atoms with Crippen LogP contribution in [-0.4, -0.2) is 20.9 Å². The van der Waals surface area contributed by atoms with E-state index in [0.717, 1.165) is 5.39 Å². The van der Waals surface area contributed by atoms with Crippen molar-refractivity contribution in [3.05, 3.63) is 36.4 Å². The summed E-state index contributed by atoms with van der Waals surface area (Å²) in [6, 6.07) is 10.2. The molecule has 0 fully saturated rings. The van der Waals surface area contributed by atoms with Crippen LogP contribution in [0.25, 0.3) is 10.8 Å². The number of hydrogen-bond acceptors (Lipinski definition) is 4. The van der Waals surface area contributed by atoms with Crippen molar-refractivity contribution in [2.45, 2.75) is 4.90 Å². The van der Waals surface area contributed by atoms with Gasteiger partial charge in [-0.1, -0.05) is 24.3 Å². The topological polar surface area (TPSA) is 89.3 Å². The van der Waals surface area contributed by atoms with Gasteiger partial charge in [-0.15, -0.1) is 0 Å². The first-order chi connectivity index (χ1) is 8.59. The number of fused-ring (bicyclic) bond motifs is 1. The van der Waals surface area contributed by atoms with Crippen LogP contribution in [0.2, 0.25) is 0 Å². The lowest BCUT2D eigenvalue weighted by molar-refractivity contribution is -0.116. The maximum Gasteiger partial charge on any atom is 0.236 e. The molecule has 1 amide bonds. The van der Waals surface area contributed by atoms with Gasteiger partial charge in [0.1, 0.15) is 0 Å². The first-order valence-electron chi connectivity index (χ1n) is 5.28. The number of nitrogens with one attached hydrogen (secondary N) is 1. The second kappa shape index (κ2) is 5.05. The Kier molecular flexibility index (Phi) is 3.47. The van der Waals surface area contributed by atoms with Crippen molar-refractivity contribution in [3.63, 3.8) is 0 Å². The van der Waals surface area contributed by atoms with Gasteiger partial charge in [0.15, 0.2) is 10.7 Å². The van der Waals surface area contributed by atoms with Crippen LogP contribution < -0.4 is 11.1 Å². The van der Waals surface area contributed by atoms with Gasteiger partial charge in [-0.25, -0.2) is 8.42 Å². The third-order valence-electron chi connectivity index (χ3n) is 2.55. The van der Waals surface area contributed by atoms with Crippen LogP contribution in [0, 0.1) is 0 Å². The molecule has 94 valence electrons. The van der Waals surface area contributed by atoms with Crippen LogP contribution in [0.15, 0.2) is 41.3 Å². The Morgan fingerprint density at radius 2 is 1.78 bits per heavy atom. The first-order valence-corrected chi connectivity index (χ1v) is 6.45. The minimum atomic E-state index is -2.65. The molecule has 2 rings (SSSR count). The molecule has 0 spiro atoms. The lowest BCUT2D eigenvalue weighted by atomic mass is 10.1. The summed E-state index contributed by atoms with van der Waals surface area (Å²) in [5.74, 6) is -0.474. The number of carbonyl (C=O) groups excluding carboxylic acids is 1. The van der Waals surface area contributed by atoms with Gasteiger partial charge in [0, 0.05) is 16.5 Å². The smallest absolute Gasteiger partial charge is 0.236 e. The Morgan fingerprint density at radius 3 is 2.44 bits per heavy atom. The second-order valence-electron chi connectivity index (χ2n) is 3.75. The Hall–Kier alpha value is -2.08. The van der Waals surface area contributed by atoms with Crippen molar-refractivity contribution in [2.75, 3.05) is 11.9 Å². The molecule has 2 aromatic carbocycles. The molecule has 0 unspecified atom stereocenters. The van der Waals surface area contributed by atoms with Gasteiger partial charge < -0.3 is 11.1 Å². The van der Waals surface area contributed by atoms with E-state index in [1.807, 2.05) is 0 Å². The molecule has 18 heavy (non-hydrogen) atoms. The van der Waals surface area contributed by atoms with Gasteiger partial charge in [-0.3, -0.25) is 4.79 Å². The van der Waals surface area contributed by atoms with Gasteiger partial charge in [0.2, 0.25) is 5.91 Å². The van der Waals surface area contributed by atoms with E-state index < -0.39 is 16.6 Å². The molecule has 0 aliphatic heterocycles. The molecule has 6 heteroatoms. The number of amides is 1. The van der Waals surface area contributed by atoms with Crippen molar-refractivity contribution < 1.29 is 13.2 Å². The van der Waals surface area contributed by atoms with E-state index in [2.05, 4.69) is 5.32 Å². The molecule has 0 radical (unpaired) electrons. The third kappa shape index (κ3) is 2.43. The van der Waals surface area contributed by atoms with Crippen molar-refractivity contribution in [1.82, 2.24) is 0 Å². The predicted molar refractivity (Wildman–Crippen MR) is 70.2 cm³/mol. The van der Waals surface area contributed by atoms with Crippen molar-refractivity contribution in [2.24, 2.45) is 5.73 Å². The maximum atomic E-state index is 11.1. The van der Waals surface area contributed by atoms with Gasteiger partial charge in [0.05, 0.1) is 11.4 Å². The van der Waals surface area contributed by atoms with E-state index in [1.54, 1.807) is 36.4 Å². The van der Waals surface area contributed by atoms with Crippen LogP contribution in [0.4, 0.5) is 5.69 Å². The molecule has 0 heterocycles. The second-order valence-corrected chi connectivity index (χ2v) is 4.75. The summed E-state index contributed by atoms with van der Waals surface area (Å²) < 4.78 is 22.3. The largest absolute Gasteiger partial charge is 0.376 e. The SMILES string of the molecule is NC(=O)CNc1cccc2c([SH](=O)=O)cccc12. The Bertz CT molecular complexity index is 672. The van der Waals surface area contributed by atoms with Crippen LogP contribution >= 0.6 is 0 Å². The lowest BCUT2D eigenvalue weighted by Gasteiger charge is -2.09. The molecule has 3 N–H and O–H groups in total. The summed E-state index contributed by atoms with van der Waals surface area (Å²) in [6.07, 6.45) is 0. The number of hydrogen-bond donors (Lipinski definition) is 3. The zero-order chi connectivity index (χ0) is 13.1. The summed E-state index contributed by atoms with van der Waals surface area (Å²) in [7, 11) is -2.65. The van der Waals surface area contributed by atoms with Crippen LogP contribution in [-0.2, 0) is 15.5 Å². The average molecular weight is 264 g/mol. The van der Waals surface area contributed by atoms with Crippen molar-refractivity contribution in [3.8, 4) is 0 Å². The average Bonchev–Trinajstić information content (AvgIpc) is 2.35. The fraction of sp³-hybridized carbons (Fsp3) is 0.0833. The minimum Gasteiger partial charge on any atom is -0.376 e. The summed E-state index contributed by atoms with van der Waals surface area (Å²) in [5.41, 5.74) is 5.75. The highest BCUT2D eigenvalue weighted by atomic mass is 32.2. The number of benzene rings is 2. The molecular formula is C12H12N2O3S. The summed E-state index contributed by atoms with van der Waals surface area (Å²) in [4.78, 5) is 11.0. The lowest BCUT2D eigenvalue weighted by Crippen LogP contribution is -2.21. The molecule has 0 atom stereocenters. The molecular weight excluding hydrogens is 252 g/mol. The zero-order valence-electron chi connectivity index (χ0n) is 9.42. The van der Waals surface area contributed by atoms with E-state index in [-0.39, 0.29) is 11.4 Å². The molecule has 5 nitrogen and oxygen atoms in total. The quantitative estimate of drug-likeness (QED) is 0.709. The summed E-state index contributed by atoms with van der Waals surface area (Å²) in [6.45, 7) is 0.00680. The standard InChI is InChI=1S/C12H12N2O3S/c13-12(15)7-14-10-5-1-4-9-8(10)3-2-6-11(9)18(16)17/h1-6,14,18H,7H2,(H2,13,15). The fourth-order valence-electron chi connectivity index (χ4n) is 1.79. The number of carbonyl (C=O) groups is 1. The van der Waals surface area contributed by atoms with Crippen molar-refractivity contribution in [1.29, 1.82) is 0 Å². The Balaban J connectivity index is 2.56. The number of thiol groups is 1. The summed E-state index contributed by atoms with van der Waals surface area (Å²) >= 11 is 0. The van der Waals surface area contributed by atoms with E-state index in [4.69, 9.17) is 5.73 Å². The molecule has 0 aromatic heterocycles. The Morgan fingerprint density at radius 1 is 1.11 bits per heavy atom. The number of primary amides is 1. The van der Waals surface area contributed by atoms with Crippen molar-refractivity contribution >= 4 is 33.1 Å². The van der Waals surface area contributed by atoms with E-state index in [1.165, 1.54) is 0 Å². The molecule has 0 bridgehead atoms. The zero-order valence-corrected chi connectivity index (χ0v) is 10.3. The van der Waals surface area contributed by atoms with E-state index in [9.17, 15) is 13.2 Å². The Labute approximate surface area is 106 Å². The first kappa shape index (κ1) is 12.4. The predicted octanol–water partition coefficient (Wildman–Crippen LogP) is 0.707. The normalized spacial score (nSPS) is 10.7. The number of rotatable bonds is 4. The highest BCUT2D eigenvalue weighted by Crippen LogP contribution is 2.26. The number of nitrogens with two attached hydrogens (primary N) is 1. The fourth-order valence-corrected chi connectivity index (χ4v) is 2.39. The monoisotopic (exact) mass is 264 g/mol. The van der Waals surface area contributed by atoms with E-state index in [0.29, 0.717) is 11.1 Å². The molecule has 0 saturated carbocycles.